The highest BCUT2D eigenvalue weighted by atomic mass is 19.4. The molecule has 0 spiro atoms. The lowest BCUT2D eigenvalue weighted by molar-refractivity contribution is -0.137. The molecule has 0 aliphatic carbocycles. The average molecular weight is 281 g/mol. The van der Waals surface area contributed by atoms with Gasteiger partial charge in [0.05, 0.1) is 12.2 Å². The van der Waals surface area contributed by atoms with Gasteiger partial charge in [-0.3, -0.25) is 0 Å². The molecule has 5 heteroatoms. The van der Waals surface area contributed by atoms with Crippen LogP contribution in [0.25, 0.3) is 0 Å². The Morgan fingerprint density at radius 1 is 1.16 bits per heavy atom. The summed E-state index contributed by atoms with van der Waals surface area (Å²) in [6.45, 7) is 8.83. The number of hydrogen-bond acceptors (Lipinski definition) is 2. The van der Waals surface area contributed by atoms with Gasteiger partial charge in [-0.05, 0) is 39.2 Å². The Balaban J connectivity index is 2.67. The van der Waals surface area contributed by atoms with E-state index in [0.717, 1.165) is 13.0 Å². The molecule has 1 fully saturated rings. The molecule has 0 radical (unpaired) electrons. The van der Waals surface area contributed by atoms with E-state index in [1.165, 1.54) is 0 Å². The van der Waals surface area contributed by atoms with Gasteiger partial charge in [0.1, 0.15) is 0 Å². The fourth-order valence-electron chi connectivity index (χ4n) is 3.07. The van der Waals surface area contributed by atoms with Crippen LogP contribution in [0.4, 0.5) is 13.2 Å². The van der Waals surface area contributed by atoms with Crippen LogP contribution < -0.4 is 5.32 Å². The summed E-state index contributed by atoms with van der Waals surface area (Å²) < 4.78 is 43.1. The van der Waals surface area contributed by atoms with E-state index >= 15 is 0 Å². The maximum atomic E-state index is 12.4. The number of ether oxygens (including phenoxy) is 1. The second-order valence-corrected chi connectivity index (χ2v) is 5.70. The van der Waals surface area contributed by atoms with Gasteiger partial charge >= 0.3 is 6.18 Å². The molecule has 1 N–H and O–H groups in total. The summed E-state index contributed by atoms with van der Waals surface area (Å²) in [6, 6.07) is -0.114. The van der Waals surface area contributed by atoms with E-state index in [2.05, 4.69) is 12.2 Å². The first-order valence-corrected chi connectivity index (χ1v) is 7.21. The van der Waals surface area contributed by atoms with Gasteiger partial charge in [-0.15, -0.1) is 0 Å². The van der Waals surface area contributed by atoms with E-state index in [1.807, 2.05) is 20.8 Å². The normalized spacial score (nSPS) is 33.6. The number of nitrogens with one attached hydrogen (secondary N) is 1. The summed E-state index contributed by atoms with van der Waals surface area (Å²) in [6.07, 6.45) is -3.60. The van der Waals surface area contributed by atoms with Crippen molar-refractivity contribution in [1.82, 2.24) is 5.32 Å². The zero-order chi connectivity index (χ0) is 14.6. The molecule has 0 aromatic rings. The Kier molecular flexibility index (Phi) is 6.12. The van der Waals surface area contributed by atoms with Gasteiger partial charge in [0.15, 0.2) is 0 Å². The quantitative estimate of drug-likeness (QED) is 0.800. The van der Waals surface area contributed by atoms with E-state index in [4.69, 9.17) is 4.74 Å². The minimum atomic E-state index is -4.08. The molecule has 114 valence electrons. The van der Waals surface area contributed by atoms with Crippen LogP contribution in [-0.4, -0.2) is 31.0 Å². The van der Waals surface area contributed by atoms with Gasteiger partial charge < -0.3 is 10.1 Å². The van der Waals surface area contributed by atoms with Crippen molar-refractivity contribution in [3.63, 3.8) is 0 Å². The zero-order valence-corrected chi connectivity index (χ0v) is 12.3. The number of halogens is 3. The van der Waals surface area contributed by atoms with Crippen LogP contribution in [0.5, 0.6) is 0 Å². The van der Waals surface area contributed by atoms with E-state index in [0.29, 0.717) is 0 Å². The van der Waals surface area contributed by atoms with E-state index < -0.39 is 12.6 Å². The minimum absolute atomic E-state index is 0.0209. The number of hydrogen-bond donors (Lipinski definition) is 1. The first kappa shape index (κ1) is 16.8. The number of rotatable bonds is 6. The van der Waals surface area contributed by atoms with Gasteiger partial charge in [0.25, 0.3) is 0 Å². The highest BCUT2D eigenvalue weighted by molar-refractivity contribution is 4.92. The van der Waals surface area contributed by atoms with Gasteiger partial charge in [-0.2, -0.15) is 13.2 Å². The van der Waals surface area contributed by atoms with Gasteiger partial charge in [-0.25, -0.2) is 0 Å². The smallest absolute Gasteiger partial charge is 0.375 e. The monoisotopic (exact) mass is 281 g/mol. The summed E-state index contributed by atoms with van der Waals surface area (Å²) >= 11 is 0. The molecule has 0 saturated carbocycles. The Morgan fingerprint density at radius 3 is 2.21 bits per heavy atom. The number of alkyl halides is 3. The van der Waals surface area contributed by atoms with Crippen LogP contribution in [0, 0.1) is 11.8 Å². The third kappa shape index (κ3) is 4.95. The fraction of sp³-hybridized carbons (Fsp3) is 1.00. The lowest BCUT2D eigenvalue weighted by Crippen LogP contribution is -2.42. The van der Waals surface area contributed by atoms with Crippen molar-refractivity contribution >= 4 is 0 Å². The maximum Gasteiger partial charge on any atom is 0.389 e. The molecule has 2 nitrogen and oxygen atoms in total. The summed E-state index contributed by atoms with van der Waals surface area (Å²) in [7, 11) is 0. The van der Waals surface area contributed by atoms with Gasteiger partial charge in [-0.1, -0.05) is 13.8 Å². The van der Waals surface area contributed by atoms with Crippen LogP contribution in [-0.2, 0) is 4.74 Å². The zero-order valence-electron chi connectivity index (χ0n) is 12.3. The first-order chi connectivity index (χ1) is 8.76. The molecule has 1 aliphatic rings. The summed E-state index contributed by atoms with van der Waals surface area (Å²) in [5.74, 6) is 0.446. The third-order valence-electron chi connectivity index (χ3n) is 4.18. The fourth-order valence-corrected chi connectivity index (χ4v) is 3.07. The van der Waals surface area contributed by atoms with Crippen molar-refractivity contribution in [2.45, 2.75) is 71.4 Å². The second kappa shape index (κ2) is 6.93. The highest BCUT2D eigenvalue weighted by Gasteiger charge is 2.42. The summed E-state index contributed by atoms with van der Waals surface area (Å²) in [4.78, 5) is 0. The molecular weight excluding hydrogens is 255 g/mol. The molecule has 1 aliphatic heterocycles. The molecule has 0 aromatic heterocycles. The van der Waals surface area contributed by atoms with E-state index in [1.54, 1.807) is 0 Å². The molecule has 0 aromatic carbocycles. The summed E-state index contributed by atoms with van der Waals surface area (Å²) in [5.41, 5.74) is 0. The second-order valence-electron chi connectivity index (χ2n) is 5.70. The molecule has 1 heterocycles. The molecule has 1 rings (SSSR count). The van der Waals surface area contributed by atoms with Crippen LogP contribution in [0.1, 0.15) is 47.0 Å². The SMILES string of the molecule is CCCNC(CCC(F)(F)F)C1C(C)OC(C)C1C. The lowest BCUT2D eigenvalue weighted by atomic mass is 9.81. The van der Waals surface area contributed by atoms with Crippen molar-refractivity contribution in [2.24, 2.45) is 11.8 Å². The molecule has 0 amide bonds. The standard InChI is InChI=1S/C14H26F3NO/c1-5-8-18-12(6-7-14(15,16)17)13-9(2)10(3)19-11(13)4/h9-13,18H,5-8H2,1-4H3. The maximum absolute atomic E-state index is 12.4. The predicted octanol–water partition coefficient (Wildman–Crippen LogP) is 3.76. The first-order valence-electron chi connectivity index (χ1n) is 7.21. The molecule has 0 bridgehead atoms. The molecule has 5 atom stereocenters. The third-order valence-corrected chi connectivity index (χ3v) is 4.18. The largest absolute Gasteiger partial charge is 0.389 e. The Hall–Kier alpha value is -0.290. The molecule has 1 saturated heterocycles. The van der Waals surface area contributed by atoms with Crippen molar-refractivity contribution < 1.29 is 17.9 Å². The average Bonchev–Trinajstić information content (AvgIpc) is 2.53. The van der Waals surface area contributed by atoms with Crippen molar-refractivity contribution in [1.29, 1.82) is 0 Å². The lowest BCUT2D eigenvalue weighted by Gasteiger charge is -2.30. The topological polar surface area (TPSA) is 21.3 Å². The van der Waals surface area contributed by atoms with Crippen LogP contribution >= 0.6 is 0 Å². The molecule has 5 unspecified atom stereocenters. The molecular formula is C14H26F3NO. The van der Waals surface area contributed by atoms with Crippen molar-refractivity contribution in [3.05, 3.63) is 0 Å². The van der Waals surface area contributed by atoms with E-state index in [-0.39, 0.29) is 36.5 Å². The van der Waals surface area contributed by atoms with Crippen LogP contribution in [0.15, 0.2) is 0 Å². The van der Waals surface area contributed by atoms with Gasteiger partial charge in [0.2, 0.25) is 0 Å². The van der Waals surface area contributed by atoms with Crippen molar-refractivity contribution in [2.75, 3.05) is 6.54 Å². The highest BCUT2D eigenvalue weighted by Crippen LogP contribution is 2.37. The van der Waals surface area contributed by atoms with Crippen LogP contribution in [0.2, 0.25) is 0 Å². The minimum Gasteiger partial charge on any atom is -0.375 e. The Bertz CT molecular complexity index is 270. The molecule has 19 heavy (non-hydrogen) atoms. The van der Waals surface area contributed by atoms with Gasteiger partial charge in [0, 0.05) is 18.4 Å². The Morgan fingerprint density at radius 2 is 1.79 bits per heavy atom. The van der Waals surface area contributed by atoms with Crippen molar-refractivity contribution in [3.8, 4) is 0 Å². The predicted molar refractivity (Wildman–Crippen MR) is 70.0 cm³/mol. The van der Waals surface area contributed by atoms with Crippen LogP contribution in [0.3, 0.4) is 0 Å². The van der Waals surface area contributed by atoms with E-state index in [9.17, 15) is 13.2 Å². The Labute approximate surface area is 114 Å². The summed E-state index contributed by atoms with van der Waals surface area (Å²) in [5, 5.41) is 3.29.